The van der Waals surface area contributed by atoms with E-state index in [2.05, 4.69) is 10.3 Å². The van der Waals surface area contributed by atoms with Crippen molar-refractivity contribution in [3.8, 4) is 0 Å². The zero-order valence-electron chi connectivity index (χ0n) is 13.4. The molecule has 2 aliphatic carbocycles. The highest BCUT2D eigenvalue weighted by Crippen LogP contribution is 2.42. The minimum Gasteiger partial charge on any atom is -0.481 e. The third-order valence-electron chi connectivity index (χ3n) is 5.13. The highest BCUT2D eigenvalue weighted by molar-refractivity contribution is 5.95. The standard InChI is InChI=1S/C18H20N2O4/c21-15(10-18(17(22)23)7-1-2-8-18)19-12-5-6-14-13(9-12)20-16(24-14)11-3-4-11/h5-6,9,11H,1-4,7-8,10H2,(H,19,21)(H,22,23). The molecule has 0 bridgehead atoms. The number of carboxylic acids is 1. The summed E-state index contributed by atoms with van der Waals surface area (Å²) < 4.78 is 5.71. The lowest BCUT2D eigenvalue weighted by molar-refractivity contribution is -0.150. The highest BCUT2D eigenvalue weighted by Gasteiger charge is 2.43. The van der Waals surface area contributed by atoms with Crippen molar-refractivity contribution in [1.82, 2.24) is 4.98 Å². The number of carbonyl (C=O) groups excluding carboxylic acids is 1. The lowest BCUT2D eigenvalue weighted by atomic mass is 9.82. The molecule has 6 heteroatoms. The quantitative estimate of drug-likeness (QED) is 0.873. The van der Waals surface area contributed by atoms with Gasteiger partial charge in [-0.15, -0.1) is 0 Å². The maximum Gasteiger partial charge on any atom is 0.310 e. The van der Waals surface area contributed by atoms with Gasteiger partial charge in [-0.25, -0.2) is 4.98 Å². The molecule has 6 nitrogen and oxygen atoms in total. The van der Waals surface area contributed by atoms with Crippen molar-refractivity contribution in [1.29, 1.82) is 0 Å². The van der Waals surface area contributed by atoms with Gasteiger partial charge in [0.25, 0.3) is 0 Å². The Bertz CT molecular complexity index is 800. The summed E-state index contributed by atoms with van der Waals surface area (Å²) in [6, 6.07) is 5.35. The molecule has 2 aromatic rings. The van der Waals surface area contributed by atoms with Crippen LogP contribution < -0.4 is 5.32 Å². The Morgan fingerprint density at radius 3 is 2.71 bits per heavy atom. The van der Waals surface area contributed by atoms with Crippen molar-refractivity contribution >= 4 is 28.7 Å². The molecule has 0 saturated heterocycles. The second-order valence-corrected chi connectivity index (χ2v) is 7.03. The van der Waals surface area contributed by atoms with Gasteiger partial charge in [0.05, 0.1) is 5.41 Å². The second-order valence-electron chi connectivity index (χ2n) is 7.03. The molecule has 4 rings (SSSR count). The van der Waals surface area contributed by atoms with E-state index in [9.17, 15) is 14.7 Å². The van der Waals surface area contributed by atoms with Crippen LogP contribution >= 0.6 is 0 Å². The van der Waals surface area contributed by atoms with Crippen molar-refractivity contribution in [3.05, 3.63) is 24.1 Å². The minimum absolute atomic E-state index is 0.0203. The molecule has 2 fully saturated rings. The van der Waals surface area contributed by atoms with Gasteiger partial charge < -0.3 is 14.8 Å². The SMILES string of the molecule is O=C(CC1(C(=O)O)CCCC1)Nc1ccc2oc(C3CC3)nc2c1. The summed E-state index contributed by atoms with van der Waals surface area (Å²) in [4.78, 5) is 28.4. The Morgan fingerprint density at radius 1 is 1.29 bits per heavy atom. The summed E-state index contributed by atoms with van der Waals surface area (Å²) >= 11 is 0. The van der Waals surface area contributed by atoms with Gasteiger partial charge >= 0.3 is 5.97 Å². The van der Waals surface area contributed by atoms with E-state index in [-0.39, 0.29) is 12.3 Å². The largest absolute Gasteiger partial charge is 0.481 e. The van der Waals surface area contributed by atoms with Gasteiger partial charge in [0.1, 0.15) is 5.52 Å². The molecule has 0 unspecified atom stereocenters. The first-order valence-corrected chi connectivity index (χ1v) is 8.49. The van der Waals surface area contributed by atoms with Crippen molar-refractivity contribution in [3.63, 3.8) is 0 Å². The Morgan fingerprint density at radius 2 is 2.04 bits per heavy atom. The monoisotopic (exact) mass is 328 g/mol. The van der Waals surface area contributed by atoms with Crippen molar-refractivity contribution in [2.24, 2.45) is 5.41 Å². The molecule has 1 aromatic heterocycles. The molecule has 126 valence electrons. The average molecular weight is 328 g/mol. The number of nitrogens with zero attached hydrogens (tertiary/aromatic N) is 1. The Kier molecular flexibility index (Phi) is 3.55. The van der Waals surface area contributed by atoms with E-state index in [1.165, 1.54) is 0 Å². The van der Waals surface area contributed by atoms with Gasteiger partial charge in [-0.3, -0.25) is 9.59 Å². The molecule has 2 N–H and O–H groups in total. The van der Waals surface area contributed by atoms with Gasteiger partial charge in [0.2, 0.25) is 5.91 Å². The molecule has 0 aliphatic heterocycles. The topological polar surface area (TPSA) is 92.4 Å². The first-order chi connectivity index (χ1) is 11.6. The highest BCUT2D eigenvalue weighted by atomic mass is 16.4. The van der Waals surface area contributed by atoms with Crippen LogP contribution in [0.1, 0.15) is 56.8 Å². The summed E-state index contributed by atoms with van der Waals surface area (Å²) in [5.41, 5.74) is 1.17. The summed E-state index contributed by atoms with van der Waals surface area (Å²) in [6.07, 6.45) is 5.14. The van der Waals surface area contributed by atoms with Gasteiger partial charge in [0.15, 0.2) is 11.5 Å². The molecule has 2 aliphatic rings. The number of hydrogen-bond acceptors (Lipinski definition) is 4. The van der Waals surface area contributed by atoms with E-state index in [1.54, 1.807) is 18.2 Å². The number of carboxylic acid groups (broad SMARTS) is 1. The van der Waals surface area contributed by atoms with E-state index >= 15 is 0 Å². The fourth-order valence-electron chi connectivity index (χ4n) is 3.56. The average Bonchev–Trinajstić information content (AvgIpc) is 3.13. The number of nitrogens with one attached hydrogen (secondary N) is 1. The van der Waals surface area contributed by atoms with Crippen LogP contribution in [-0.2, 0) is 9.59 Å². The first kappa shape index (κ1) is 15.2. The maximum absolute atomic E-state index is 12.3. The van der Waals surface area contributed by atoms with Crippen molar-refractivity contribution in [2.45, 2.75) is 50.9 Å². The lowest BCUT2D eigenvalue weighted by Gasteiger charge is -2.22. The molecule has 0 atom stereocenters. The van der Waals surface area contributed by atoms with Crippen molar-refractivity contribution < 1.29 is 19.1 Å². The molecular formula is C18H20N2O4. The van der Waals surface area contributed by atoms with Crippen LogP contribution in [0, 0.1) is 5.41 Å². The van der Waals surface area contributed by atoms with E-state index < -0.39 is 11.4 Å². The second kappa shape index (κ2) is 5.61. The fraction of sp³-hybridized carbons (Fsp3) is 0.500. The number of benzene rings is 1. The zero-order chi connectivity index (χ0) is 16.7. The number of aliphatic carboxylic acids is 1. The molecule has 1 amide bonds. The van der Waals surface area contributed by atoms with Crippen LogP contribution in [0.25, 0.3) is 11.1 Å². The molecule has 0 spiro atoms. The van der Waals surface area contributed by atoms with Gasteiger partial charge in [0, 0.05) is 18.0 Å². The predicted octanol–water partition coefficient (Wildman–Crippen LogP) is 3.68. The third-order valence-corrected chi connectivity index (χ3v) is 5.13. The normalized spacial score (nSPS) is 19.5. The number of aromatic nitrogens is 1. The Hall–Kier alpha value is -2.37. The summed E-state index contributed by atoms with van der Waals surface area (Å²) in [5.74, 6) is 0.0817. The molecule has 0 radical (unpaired) electrons. The molecule has 24 heavy (non-hydrogen) atoms. The van der Waals surface area contributed by atoms with Gasteiger partial charge in [-0.1, -0.05) is 12.8 Å². The zero-order valence-corrected chi connectivity index (χ0v) is 13.4. The number of carbonyl (C=O) groups is 2. The lowest BCUT2D eigenvalue weighted by Crippen LogP contribution is -2.32. The van der Waals surface area contributed by atoms with Crippen LogP contribution in [0.15, 0.2) is 22.6 Å². The summed E-state index contributed by atoms with van der Waals surface area (Å²) in [7, 11) is 0. The first-order valence-electron chi connectivity index (χ1n) is 8.49. The third kappa shape index (κ3) is 2.77. The van der Waals surface area contributed by atoms with Gasteiger partial charge in [-0.05, 0) is 43.9 Å². The fourth-order valence-corrected chi connectivity index (χ4v) is 3.56. The van der Waals surface area contributed by atoms with E-state index in [4.69, 9.17) is 4.42 Å². The summed E-state index contributed by atoms with van der Waals surface area (Å²) in [6.45, 7) is 0. The van der Waals surface area contributed by atoms with Crippen LogP contribution in [0.2, 0.25) is 0 Å². The number of fused-ring (bicyclic) bond motifs is 1. The van der Waals surface area contributed by atoms with E-state index in [1.807, 2.05) is 0 Å². The number of rotatable bonds is 5. The number of anilines is 1. The maximum atomic E-state index is 12.3. The number of amides is 1. The minimum atomic E-state index is -0.902. The van der Waals surface area contributed by atoms with Crippen LogP contribution in [0.4, 0.5) is 5.69 Å². The molecule has 1 heterocycles. The van der Waals surface area contributed by atoms with Crippen LogP contribution in [-0.4, -0.2) is 22.0 Å². The summed E-state index contributed by atoms with van der Waals surface area (Å²) in [5, 5.41) is 12.3. The Balaban J connectivity index is 1.48. The molecule has 1 aromatic carbocycles. The van der Waals surface area contributed by atoms with E-state index in [0.29, 0.717) is 30.0 Å². The van der Waals surface area contributed by atoms with Crippen LogP contribution in [0.3, 0.4) is 0 Å². The van der Waals surface area contributed by atoms with Gasteiger partial charge in [-0.2, -0.15) is 0 Å². The number of oxazole rings is 1. The molecule has 2 saturated carbocycles. The Labute approximate surface area is 139 Å². The smallest absolute Gasteiger partial charge is 0.310 e. The molecular weight excluding hydrogens is 308 g/mol. The number of hydrogen-bond donors (Lipinski definition) is 2. The predicted molar refractivity (Wildman–Crippen MR) is 87.8 cm³/mol. The van der Waals surface area contributed by atoms with E-state index in [0.717, 1.165) is 37.1 Å². The van der Waals surface area contributed by atoms with Crippen LogP contribution in [0.5, 0.6) is 0 Å². The van der Waals surface area contributed by atoms with Crippen molar-refractivity contribution in [2.75, 3.05) is 5.32 Å².